The summed E-state index contributed by atoms with van der Waals surface area (Å²) in [4.78, 5) is 13.0. The van der Waals surface area contributed by atoms with E-state index in [4.69, 9.17) is 9.47 Å². The van der Waals surface area contributed by atoms with Gasteiger partial charge in [0.25, 0.3) is 0 Å². The molecule has 0 unspecified atom stereocenters. The van der Waals surface area contributed by atoms with Gasteiger partial charge in [0.1, 0.15) is 19.3 Å². The lowest BCUT2D eigenvalue weighted by atomic mass is 10.1. The third kappa shape index (κ3) is 4.08. The van der Waals surface area contributed by atoms with Crippen molar-refractivity contribution in [3.8, 4) is 11.5 Å². The van der Waals surface area contributed by atoms with Gasteiger partial charge >= 0.3 is 0 Å². The molecule has 2 aromatic carbocycles. The number of ether oxygens (including phenoxy) is 2. The van der Waals surface area contributed by atoms with Crippen LogP contribution in [0.5, 0.6) is 11.5 Å². The molecule has 2 atom stereocenters. The Kier molecular flexibility index (Phi) is 5.71. The number of fused-ring (bicyclic) bond motifs is 1. The first kappa shape index (κ1) is 20.1. The normalized spacial score (nSPS) is 20.2. The van der Waals surface area contributed by atoms with Crippen LogP contribution in [0.25, 0.3) is 0 Å². The quantitative estimate of drug-likeness (QED) is 0.778. The topological polar surface area (TPSA) is 84.9 Å². The zero-order valence-electron chi connectivity index (χ0n) is 15.9. The highest BCUT2D eigenvalue weighted by Crippen LogP contribution is 2.35. The number of carbonyl (C=O) groups is 1. The molecule has 29 heavy (non-hydrogen) atoms. The van der Waals surface area contributed by atoms with Crippen molar-refractivity contribution >= 4 is 27.7 Å². The lowest BCUT2D eigenvalue weighted by Gasteiger charge is -2.25. The van der Waals surface area contributed by atoms with Crippen LogP contribution in [0.1, 0.15) is 18.5 Å². The molecule has 2 aliphatic heterocycles. The number of hydrogen-bond donors (Lipinski definition) is 1. The van der Waals surface area contributed by atoms with E-state index in [1.807, 2.05) is 37.3 Å². The first-order chi connectivity index (χ1) is 14.0. The molecule has 9 heteroatoms. The van der Waals surface area contributed by atoms with Gasteiger partial charge in [0.05, 0.1) is 16.8 Å². The number of rotatable bonds is 5. The number of hydrogen-bond acceptors (Lipinski definition) is 6. The second kappa shape index (κ2) is 8.25. The first-order valence-corrected chi connectivity index (χ1v) is 11.9. The third-order valence-corrected chi connectivity index (χ3v) is 7.95. The lowest BCUT2D eigenvalue weighted by Crippen LogP contribution is -2.47. The van der Waals surface area contributed by atoms with Gasteiger partial charge in [0.2, 0.25) is 15.9 Å². The van der Waals surface area contributed by atoms with Crippen LogP contribution in [0.3, 0.4) is 0 Å². The average Bonchev–Trinajstić information content (AvgIpc) is 3.25. The summed E-state index contributed by atoms with van der Waals surface area (Å²) < 4.78 is 38.7. The number of amides is 1. The van der Waals surface area contributed by atoms with Gasteiger partial charge in [-0.3, -0.25) is 4.79 Å². The standard InChI is InChI=1S/C20H22N2O5S2/c1-14(15-5-3-2-4-6-15)21-20(23)17-12-28-13-22(17)29(24,25)16-7-8-18-19(11-16)27-10-9-26-18/h2-8,11,14,17H,9-10,12-13H2,1H3,(H,21,23)/t14-,17-/m0/s1. The van der Waals surface area contributed by atoms with Gasteiger partial charge in [-0.2, -0.15) is 4.31 Å². The number of nitrogens with zero attached hydrogens (tertiary/aromatic N) is 1. The molecule has 0 aliphatic carbocycles. The molecular formula is C20H22N2O5S2. The Morgan fingerprint density at radius 3 is 2.62 bits per heavy atom. The summed E-state index contributed by atoms with van der Waals surface area (Å²) in [5.74, 6) is 1.28. The monoisotopic (exact) mass is 434 g/mol. The zero-order chi connectivity index (χ0) is 20.4. The SMILES string of the molecule is C[C@H](NC(=O)[C@@H]1CSCN1S(=O)(=O)c1ccc2c(c1)OCCO2)c1ccccc1. The number of sulfonamides is 1. The van der Waals surface area contributed by atoms with Crippen LogP contribution in [0.4, 0.5) is 0 Å². The smallest absolute Gasteiger partial charge is 0.244 e. The second-order valence-corrected chi connectivity index (χ2v) is 9.74. The third-order valence-electron chi connectivity index (χ3n) is 4.92. The average molecular weight is 435 g/mol. The summed E-state index contributed by atoms with van der Waals surface area (Å²) in [7, 11) is -3.85. The molecule has 1 amide bonds. The zero-order valence-corrected chi connectivity index (χ0v) is 17.5. The van der Waals surface area contributed by atoms with E-state index in [0.717, 1.165) is 5.56 Å². The van der Waals surface area contributed by atoms with Crippen LogP contribution >= 0.6 is 11.8 Å². The molecule has 4 rings (SSSR count). The van der Waals surface area contributed by atoms with Gasteiger partial charge in [-0.25, -0.2) is 8.42 Å². The molecule has 1 saturated heterocycles. The minimum atomic E-state index is -3.85. The molecule has 1 N–H and O–H groups in total. The molecule has 0 aromatic heterocycles. The van der Waals surface area contributed by atoms with Gasteiger partial charge < -0.3 is 14.8 Å². The van der Waals surface area contributed by atoms with Crippen molar-refractivity contribution in [2.24, 2.45) is 0 Å². The van der Waals surface area contributed by atoms with Crippen molar-refractivity contribution in [3.05, 3.63) is 54.1 Å². The summed E-state index contributed by atoms with van der Waals surface area (Å²) in [6.45, 7) is 2.69. The number of thioether (sulfide) groups is 1. The van der Waals surface area contributed by atoms with Crippen LogP contribution in [-0.2, 0) is 14.8 Å². The highest BCUT2D eigenvalue weighted by molar-refractivity contribution is 8.00. The Balaban J connectivity index is 1.53. The van der Waals surface area contributed by atoms with E-state index >= 15 is 0 Å². The minimum absolute atomic E-state index is 0.0955. The van der Waals surface area contributed by atoms with Crippen molar-refractivity contribution in [1.82, 2.24) is 9.62 Å². The largest absolute Gasteiger partial charge is 0.486 e. The second-order valence-electron chi connectivity index (χ2n) is 6.85. The first-order valence-electron chi connectivity index (χ1n) is 9.31. The van der Waals surface area contributed by atoms with Gasteiger partial charge in [-0.05, 0) is 24.6 Å². The van der Waals surface area contributed by atoms with Crippen LogP contribution < -0.4 is 14.8 Å². The summed E-state index contributed by atoms with van der Waals surface area (Å²) in [6, 6.07) is 13.2. The van der Waals surface area contributed by atoms with Crippen molar-refractivity contribution in [3.63, 3.8) is 0 Å². The van der Waals surface area contributed by atoms with E-state index in [0.29, 0.717) is 30.5 Å². The molecule has 154 valence electrons. The van der Waals surface area contributed by atoms with Crippen LogP contribution in [0.2, 0.25) is 0 Å². The number of carbonyl (C=O) groups excluding carboxylic acids is 1. The van der Waals surface area contributed by atoms with E-state index in [9.17, 15) is 13.2 Å². The van der Waals surface area contributed by atoms with Crippen LogP contribution in [0, 0.1) is 0 Å². The molecule has 2 aromatic rings. The van der Waals surface area contributed by atoms with E-state index in [1.54, 1.807) is 6.07 Å². The van der Waals surface area contributed by atoms with Crippen molar-refractivity contribution in [2.75, 3.05) is 24.8 Å². The van der Waals surface area contributed by atoms with E-state index in [-0.39, 0.29) is 22.7 Å². The molecule has 7 nitrogen and oxygen atoms in total. The number of benzene rings is 2. The Hall–Kier alpha value is -2.23. The molecule has 2 aliphatic rings. The predicted octanol–water partition coefficient (Wildman–Crippen LogP) is 2.40. The molecule has 0 saturated carbocycles. The summed E-state index contributed by atoms with van der Waals surface area (Å²) in [6.07, 6.45) is 0. The van der Waals surface area contributed by atoms with E-state index in [1.165, 1.54) is 28.2 Å². The maximum absolute atomic E-state index is 13.2. The minimum Gasteiger partial charge on any atom is -0.486 e. The van der Waals surface area contributed by atoms with Crippen LogP contribution in [-0.4, -0.2) is 49.5 Å². The Labute approximate surface area is 174 Å². The fourth-order valence-electron chi connectivity index (χ4n) is 3.32. The molecule has 0 bridgehead atoms. The number of nitrogens with one attached hydrogen (secondary N) is 1. The molecule has 0 radical (unpaired) electrons. The Morgan fingerprint density at radius 1 is 1.14 bits per heavy atom. The molecule has 0 spiro atoms. The highest BCUT2D eigenvalue weighted by atomic mass is 32.2. The highest BCUT2D eigenvalue weighted by Gasteiger charge is 2.40. The summed E-state index contributed by atoms with van der Waals surface area (Å²) >= 11 is 1.42. The van der Waals surface area contributed by atoms with Gasteiger partial charge in [-0.1, -0.05) is 30.3 Å². The maximum Gasteiger partial charge on any atom is 0.244 e. The van der Waals surface area contributed by atoms with E-state index < -0.39 is 16.1 Å². The van der Waals surface area contributed by atoms with Crippen molar-refractivity contribution in [2.45, 2.75) is 23.9 Å². The fourth-order valence-corrected chi connectivity index (χ4v) is 6.49. The Morgan fingerprint density at radius 2 is 1.86 bits per heavy atom. The Bertz CT molecular complexity index is 997. The fraction of sp³-hybridized carbons (Fsp3) is 0.350. The lowest BCUT2D eigenvalue weighted by molar-refractivity contribution is -0.124. The van der Waals surface area contributed by atoms with Gasteiger partial charge in [0, 0.05) is 11.8 Å². The summed E-state index contributed by atoms with van der Waals surface area (Å²) in [5.41, 5.74) is 0.966. The van der Waals surface area contributed by atoms with Crippen molar-refractivity contribution in [1.29, 1.82) is 0 Å². The maximum atomic E-state index is 13.2. The molecular weight excluding hydrogens is 412 g/mol. The van der Waals surface area contributed by atoms with Crippen LogP contribution in [0.15, 0.2) is 53.4 Å². The van der Waals surface area contributed by atoms with E-state index in [2.05, 4.69) is 5.32 Å². The van der Waals surface area contributed by atoms with Crippen molar-refractivity contribution < 1.29 is 22.7 Å². The predicted molar refractivity (Wildman–Crippen MR) is 111 cm³/mol. The summed E-state index contributed by atoms with van der Waals surface area (Å²) in [5, 5.41) is 2.94. The molecule has 2 heterocycles. The van der Waals surface area contributed by atoms with Gasteiger partial charge in [-0.15, -0.1) is 11.8 Å². The van der Waals surface area contributed by atoms with Gasteiger partial charge in [0.15, 0.2) is 11.5 Å². The molecule has 1 fully saturated rings.